The second-order valence-corrected chi connectivity index (χ2v) is 1.17. The second kappa shape index (κ2) is 17.1. The number of aromatic nitrogens is 2. The van der Waals surface area contributed by atoms with Crippen LogP contribution in [0.4, 0.5) is 0 Å². The molecule has 0 aliphatic rings. The zero-order valence-electron chi connectivity index (χ0n) is 5.80. The van der Waals surface area contributed by atoms with Crippen molar-refractivity contribution < 1.29 is 17.1 Å². The third-order valence-electron chi connectivity index (χ3n) is 0.635. The van der Waals surface area contributed by atoms with Gasteiger partial charge in [0.15, 0.2) is 0 Å². The Morgan fingerprint density at radius 1 is 1.38 bits per heavy atom. The molecule has 4 nitrogen and oxygen atoms in total. The summed E-state index contributed by atoms with van der Waals surface area (Å²) in [6.45, 7) is 1.92. The molecule has 7 heteroatoms. The molecule has 0 saturated heterocycles. The predicted molar refractivity (Wildman–Crippen MR) is 54.4 cm³/mol. The average Bonchev–Trinajstić information content (AvgIpc) is 2.43. The van der Waals surface area contributed by atoms with Crippen LogP contribution in [0.1, 0.15) is 5.82 Å². The summed E-state index contributed by atoms with van der Waals surface area (Å²) in [6.07, 6.45) is 3.53. The maximum Gasteiger partial charge on any atom is 2.00 e. The van der Waals surface area contributed by atoms with Crippen LogP contribution in [-0.4, -0.2) is 25.7 Å². The third kappa shape index (κ3) is 24.8. The molecular formula is C6H12B2CuN4. The van der Waals surface area contributed by atoms with Gasteiger partial charge in [0, 0.05) is 12.4 Å². The Labute approximate surface area is 90.7 Å². The van der Waals surface area contributed by atoms with Crippen molar-refractivity contribution in [2.24, 2.45) is 0 Å². The molecular weight excluding hydrogens is 213 g/mol. The molecule has 0 atom stereocenters. The van der Waals surface area contributed by atoms with Gasteiger partial charge in [-0.25, -0.2) is 4.98 Å². The van der Waals surface area contributed by atoms with Crippen LogP contribution in [0.25, 0.3) is 0 Å². The molecule has 0 saturated carbocycles. The number of hydrogen-bond acceptors (Lipinski definition) is 3. The van der Waals surface area contributed by atoms with Gasteiger partial charge in [-0.3, -0.25) is 10.5 Å². The first-order chi connectivity index (χ1) is 5.72. The zero-order chi connectivity index (χ0) is 9.82. The third-order valence-corrected chi connectivity index (χ3v) is 0.635. The van der Waals surface area contributed by atoms with Crippen LogP contribution in [0, 0.1) is 29.4 Å². The van der Waals surface area contributed by atoms with E-state index in [1.54, 1.807) is 12.4 Å². The number of nitrogens with one attached hydrogen (secondary N) is 1. The summed E-state index contributed by atoms with van der Waals surface area (Å²) in [5.41, 5.74) is 0. The number of rotatable bonds is 0. The van der Waals surface area contributed by atoms with E-state index in [0.29, 0.717) is 0 Å². The van der Waals surface area contributed by atoms with Crippen LogP contribution in [0.2, 0.25) is 0 Å². The Bertz CT molecular complexity index is 237. The van der Waals surface area contributed by atoms with E-state index in [1.807, 2.05) is 18.9 Å². The smallest absolute Gasteiger partial charge is 0.349 e. The molecule has 1 radical (unpaired) electrons. The Morgan fingerprint density at radius 3 is 1.85 bits per heavy atom. The van der Waals surface area contributed by atoms with Crippen LogP contribution >= 0.6 is 0 Å². The van der Waals surface area contributed by atoms with Crippen molar-refractivity contribution in [3.63, 3.8) is 0 Å². The van der Waals surface area contributed by atoms with Gasteiger partial charge >= 0.3 is 17.1 Å². The summed E-state index contributed by atoms with van der Waals surface area (Å²) in [4.78, 5) is 6.75. The Morgan fingerprint density at radius 2 is 1.77 bits per heavy atom. The van der Waals surface area contributed by atoms with Crippen molar-refractivity contribution in [1.29, 1.82) is 10.5 Å². The van der Waals surface area contributed by atoms with Crippen molar-refractivity contribution >= 4 is 15.7 Å². The fourth-order valence-corrected chi connectivity index (χ4v) is 0.344. The van der Waals surface area contributed by atoms with Crippen molar-refractivity contribution in [1.82, 2.24) is 9.97 Å². The van der Waals surface area contributed by atoms with E-state index in [2.05, 4.69) is 9.97 Å². The van der Waals surface area contributed by atoms with Gasteiger partial charge in [-0.15, -0.1) is 0 Å². The van der Waals surface area contributed by atoms with Gasteiger partial charge in [0.25, 0.3) is 0 Å². The first-order valence-electron chi connectivity index (χ1n) is 2.30. The minimum absolute atomic E-state index is 0. The van der Waals surface area contributed by atoms with Gasteiger partial charge in [0.2, 0.25) is 0 Å². The Hall–Kier alpha value is -1.16. The summed E-state index contributed by atoms with van der Waals surface area (Å²) in [5.74, 6) is 4.97. The molecule has 1 rings (SSSR count). The van der Waals surface area contributed by atoms with Gasteiger partial charge in [-0.1, -0.05) is 0 Å². The van der Waals surface area contributed by atoms with Crippen LogP contribution in [0.15, 0.2) is 12.4 Å². The molecule has 1 N–H and O–H groups in total. The van der Waals surface area contributed by atoms with Crippen molar-refractivity contribution in [2.75, 3.05) is 0 Å². The van der Waals surface area contributed by atoms with E-state index in [4.69, 9.17) is 10.5 Å². The van der Waals surface area contributed by atoms with E-state index in [9.17, 15) is 0 Å². The standard InChI is InChI=1S/C4H6N2.2CH3BN.Cu/c1-4-5-2-3-6-4;2*2-1-3;/h2-3H,1H3,(H,5,6);2*2H3;/q;2*-1;+2. The number of aromatic amines is 1. The number of nitriles is 2. The van der Waals surface area contributed by atoms with Crippen LogP contribution < -0.4 is 0 Å². The fraction of sp³-hybridized carbons (Fsp3) is 0.167. The van der Waals surface area contributed by atoms with Crippen molar-refractivity contribution in [3.8, 4) is 11.9 Å². The molecule has 13 heavy (non-hydrogen) atoms. The van der Waals surface area contributed by atoms with E-state index in [0.717, 1.165) is 5.82 Å². The second-order valence-electron chi connectivity index (χ2n) is 1.17. The molecule has 73 valence electrons. The maximum atomic E-state index is 7.43. The molecule has 0 aliphatic heterocycles. The van der Waals surface area contributed by atoms with Gasteiger partial charge < -0.3 is 4.98 Å². The van der Waals surface area contributed by atoms with Gasteiger partial charge in [0.1, 0.15) is 5.82 Å². The maximum absolute atomic E-state index is 7.43. The largest absolute Gasteiger partial charge is 2.00 e. The molecule has 0 unspecified atom stereocenters. The molecule has 1 heterocycles. The summed E-state index contributed by atoms with van der Waals surface area (Å²) in [6, 6.07) is 0. The monoisotopic (exact) mass is 225 g/mol. The molecule has 0 aliphatic carbocycles. The fourth-order valence-electron chi connectivity index (χ4n) is 0.344. The minimum atomic E-state index is 0. The molecule has 1 aromatic heterocycles. The molecule has 1 aromatic rings. The van der Waals surface area contributed by atoms with E-state index < -0.39 is 0 Å². The first-order valence-corrected chi connectivity index (χ1v) is 2.30. The summed E-state index contributed by atoms with van der Waals surface area (Å²) in [7, 11) is 0.139. The van der Waals surface area contributed by atoms with E-state index in [-0.39, 0.29) is 32.8 Å². The zero-order valence-corrected chi connectivity index (χ0v) is 6.74. The van der Waals surface area contributed by atoms with Crippen LogP contribution in [0.5, 0.6) is 0 Å². The van der Waals surface area contributed by atoms with Gasteiger partial charge in [-0.05, 0) is 6.92 Å². The summed E-state index contributed by atoms with van der Waals surface area (Å²) >= 11 is 0. The number of H-pyrrole nitrogens is 1. The number of imidazole rings is 1. The number of hydrogen-bond donors (Lipinski definition) is 1. The SMILES string of the molecule is Cc1ncc[nH]1.[BH3-]C#N.[BH3-]C#N.[Cu+2]. The molecule has 0 fully saturated rings. The molecule has 0 aromatic carbocycles. The van der Waals surface area contributed by atoms with Gasteiger partial charge in [-0.2, -0.15) is 11.9 Å². The number of aryl methyl sites for hydroxylation is 1. The minimum Gasteiger partial charge on any atom is -0.349 e. The molecule has 0 spiro atoms. The normalized spacial score (nSPS) is 5.31. The first kappa shape index (κ1) is 17.8. The molecule has 0 bridgehead atoms. The van der Waals surface area contributed by atoms with E-state index in [1.165, 1.54) is 0 Å². The quantitative estimate of drug-likeness (QED) is 0.539. The van der Waals surface area contributed by atoms with Crippen LogP contribution in [-0.2, 0) is 17.1 Å². The van der Waals surface area contributed by atoms with Crippen molar-refractivity contribution in [2.45, 2.75) is 6.92 Å². The summed E-state index contributed by atoms with van der Waals surface area (Å²) in [5, 5.41) is 14.9. The Balaban J connectivity index is -0.000000126. The van der Waals surface area contributed by atoms with Gasteiger partial charge in [0.05, 0.1) is 15.7 Å². The average molecular weight is 225 g/mol. The van der Waals surface area contributed by atoms with Crippen molar-refractivity contribution in [3.05, 3.63) is 18.2 Å². The topological polar surface area (TPSA) is 76.3 Å². The van der Waals surface area contributed by atoms with E-state index >= 15 is 0 Å². The number of nitrogens with zero attached hydrogens (tertiary/aromatic N) is 3. The summed E-state index contributed by atoms with van der Waals surface area (Å²) < 4.78 is 0. The Kier molecular flexibility index (Phi) is 23.4. The predicted octanol–water partition coefficient (Wildman–Crippen LogP) is -1.62. The van der Waals surface area contributed by atoms with Crippen LogP contribution in [0.3, 0.4) is 0 Å². The molecule has 0 amide bonds.